The van der Waals surface area contributed by atoms with E-state index in [2.05, 4.69) is 5.32 Å². The second-order valence-corrected chi connectivity index (χ2v) is 4.08. The number of carboxylic acids is 1. The van der Waals surface area contributed by atoms with Crippen LogP contribution in [-0.2, 0) is 16.1 Å². The van der Waals surface area contributed by atoms with Crippen LogP contribution in [0.15, 0.2) is 42.5 Å². The van der Waals surface area contributed by atoms with Gasteiger partial charge < -0.3 is 15.6 Å². The number of benzene rings is 1. The number of amides is 1. The third-order valence-electron chi connectivity index (χ3n) is 2.58. The van der Waals surface area contributed by atoms with Crippen LogP contribution in [0.3, 0.4) is 0 Å². The lowest BCUT2D eigenvalue weighted by atomic mass is 10.0. The predicted octanol–water partition coefficient (Wildman–Crippen LogP) is 0.884. The molecule has 1 unspecified atom stereocenters. The van der Waals surface area contributed by atoms with Crippen LogP contribution in [0.25, 0.3) is 0 Å². The van der Waals surface area contributed by atoms with Gasteiger partial charge in [-0.1, -0.05) is 42.3 Å². The molecule has 0 aromatic heterocycles. The zero-order valence-corrected chi connectivity index (χ0v) is 11.3. The maximum atomic E-state index is 11.7. The molecular formula is C15H16N2O4. The molecular weight excluding hydrogens is 272 g/mol. The molecule has 6 heteroatoms. The summed E-state index contributed by atoms with van der Waals surface area (Å²) >= 11 is 0. The number of aliphatic carboxylic acids is 1. The molecule has 0 saturated carbocycles. The summed E-state index contributed by atoms with van der Waals surface area (Å²) in [6, 6.07) is 8.96. The maximum Gasteiger partial charge on any atom is 0.409 e. The minimum absolute atomic E-state index is 0.00749. The number of carbonyl (C=O) groups is 2. The van der Waals surface area contributed by atoms with Gasteiger partial charge in [0.05, 0.1) is 0 Å². The second-order valence-electron chi connectivity index (χ2n) is 4.08. The molecule has 1 rings (SSSR count). The highest BCUT2D eigenvalue weighted by atomic mass is 16.5. The molecule has 0 spiro atoms. The first kappa shape index (κ1) is 16.3. The summed E-state index contributed by atoms with van der Waals surface area (Å²) in [5.74, 6) is 0.628. The molecule has 0 saturated heterocycles. The van der Waals surface area contributed by atoms with Gasteiger partial charge in [-0.05, 0) is 11.6 Å². The fraction of sp³-hybridized carbons (Fsp3) is 0.200. The Labute approximate surface area is 122 Å². The number of nitrogens with one attached hydrogen (secondary N) is 1. The first-order valence-corrected chi connectivity index (χ1v) is 6.12. The topological polar surface area (TPSA) is 102 Å². The Morgan fingerprint density at radius 3 is 2.62 bits per heavy atom. The van der Waals surface area contributed by atoms with Crippen molar-refractivity contribution < 1.29 is 19.4 Å². The zero-order chi connectivity index (χ0) is 15.7. The number of ether oxygens (including phenoxy) is 1. The quantitative estimate of drug-likeness (QED) is 0.533. The number of terminal acetylenes is 1. The van der Waals surface area contributed by atoms with E-state index in [-0.39, 0.29) is 13.2 Å². The summed E-state index contributed by atoms with van der Waals surface area (Å²) in [7, 11) is 0. The fourth-order valence-corrected chi connectivity index (χ4v) is 1.48. The van der Waals surface area contributed by atoms with E-state index in [1.54, 1.807) is 24.3 Å². The van der Waals surface area contributed by atoms with Crippen molar-refractivity contribution in [3.05, 3.63) is 48.0 Å². The molecule has 1 atom stereocenters. The van der Waals surface area contributed by atoms with Crippen LogP contribution in [0, 0.1) is 12.3 Å². The molecule has 4 N–H and O–H groups in total. The van der Waals surface area contributed by atoms with E-state index in [0.717, 1.165) is 11.6 Å². The Balaban J connectivity index is 2.71. The van der Waals surface area contributed by atoms with Crippen LogP contribution < -0.4 is 11.1 Å². The van der Waals surface area contributed by atoms with Crippen molar-refractivity contribution in [2.24, 2.45) is 5.73 Å². The summed E-state index contributed by atoms with van der Waals surface area (Å²) in [6.07, 6.45) is 6.77. The predicted molar refractivity (Wildman–Crippen MR) is 77.2 cm³/mol. The fourth-order valence-electron chi connectivity index (χ4n) is 1.48. The van der Waals surface area contributed by atoms with Gasteiger partial charge in [0.25, 0.3) is 0 Å². The molecule has 0 bridgehead atoms. The summed E-state index contributed by atoms with van der Waals surface area (Å²) < 4.78 is 4.94. The van der Waals surface area contributed by atoms with E-state index in [9.17, 15) is 14.7 Å². The largest absolute Gasteiger partial charge is 0.479 e. The van der Waals surface area contributed by atoms with Gasteiger partial charge in [0.1, 0.15) is 6.61 Å². The Morgan fingerprint density at radius 2 is 2.10 bits per heavy atom. The molecule has 0 heterocycles. The summed E-state index contributed by atoms with van der Waals surface area (Å²) in [5, 5.41) is 11.3. The van der Waals surface area contributed by atoms with E-state index >= 15 is 0 Å². The highest BCUT2D eigenvalue weighted by Crippen LogP contribution is 2.08. The minimum atomic E-state index is -1.98. The molecule has 0 aliphatic heterocycles. The molecule has 0 aliphatic rings. The first-order valence-electron chi connectivity index (χ1n) is 6.12. The molecule has 1 amide bonds. The Bertz CT molecular complexity index is 563. The van der Waals surface area contributed by atoms with Gasteiger partial charge in [0.2, 0.25) is 5.54 Å². The van der Waals surface area contributed by atoms with Crippen molar-refractivity contribution in [2.75, 3.05) is 6.54 Å². The summed E-state index contributed by atoms with van der Waals surface area (Å²) in [6.45, 7) is 0.102. The van der Waals surface area contributed by atoms with Crippen LogP contribution in [-0.4, -0.2) is 29.3 Å². The molecule has 110 valence electrons. The van der Waals surface area contributed by atoms with E-state index in [1.165, 1.54) is 6.08 Å². The number of carbonyl (C=O) groups excluding carboxylic acids is 1. The smallest absolute Gasteiger partial charge is 0.409 e. The van der Waals surface area contributed by atoms with Crippen LogP contribution in [0.5, 0.6) is 0 Å². The minimum Gasteiger partial charge on any atom is -0.479 e. The molecule has 0 aliphatic carbocycles. The van der Waals surface area contributed by atoms with E-state index in [4.69, 9.17) is 16.9 Å². The first-order chi connectivity index (χ1) is 10.0. The van der Waals surface area contributed by atoms with Gasteiger partial charge in [-0.15, -0.1) is 6.42 Å². The van der Waals surface area contributed by atoms with Crippen LogP contribution in [0.1, 0.15) is 5.56 Å². The lowest BCUT2D eigenvalue weighted by Crippen LogP contribution is -2.52. The number of rotatable bonds is 6. The van der Waals surface area contributed by atoms with E-state index in [0.29, 0.717) is 0 Å². The molecule has 21 heavy (non-hydrogen) atoms. The number of hydrogen-bond donors (Lipinski definition) is 3. The van der Waals surface area contributed by atoms with Crippen LogP contribution in [0.4, 0.5) is 4.79 Å². The van der Waals surface area contributed by atoms with Crippen molar-refractivity contribution >= 4 is 12.1 Å². The zero-order valence-electron chi connectivity index (χ0n) is 11.3. The van der Waals surface area contributed by atoms with Crippen LogP contribution in [0.2, 0.25) is 0 Å². The molecule has 1 aromatic carbocycles. The monoisotopic (exact) mass is 288 g/mol. The second kappa shape index (κ2) is 7.72. The number of nitrogens with two attached hydrogens (primary N) is 1. The third-order valence-corrected chi connectivity index (χ3v) is 2.58. The molecule has 0 radical (unpaired) electrons. The average Bonchev–Trinajstić information content (AvgIpc) is 2.50. The third kappa shape index (κ3) is 4.67. The van der Waals surface area contributed by atoms with Crippen molar-refractivity contribution in [3.8, 4) is 12.3 Å². The molecule has 0 fully saturated rings. The number of alkyl carbamates (subject to hydrolysis) is 1. The Kier molecular flexibility index (Phi) is 5.99. The van der Waals surface area contributed by atoms with Gasteiger partial charge in [0, 0.05) is 6.54 Å². The highest BCUT2D eigenvalue weighted by Gasteiger charge is 2.36. The van der Waals surface area contributed by atoms with E-state index in [1.807, 2.05) is 12.0 Å². The van der Waals surface area contributed by atoms with Crippen molar-refractivity contribution in [1.82, 2.24) is 5.32 Å². The molecule has 6 nitrogen and oxygen atoms in total. The van der Waals surface area contributed by atoms with Gasteiger partial charge in [-0.25, -0.2) is 9.59 Å². The van der Waals surface area contributed by atoms with Crippen molar-refractivity contribution in [1.29, 1.82) is 0 Å². The summed E-state index contributed by atoms with van der Waals surface area (Å²) in [4.78, 5) is 23.0. The van der Waals surface area contributed by atoms with Gasteiger partial charge in [0.15, 0.2) is 0 Å². The Hall–Kier alpha value is -2.78. The number of hydrogen-bond acceptors (Lipinski definition) is 4. The lowest BCUT2D eigenvalue weighted by Gasteiger charge is -2.21. The highest BCUT2D eigenvalue weighted by molar-refractivity contribution is 5.90. The Morgan fingerprint density at radius 1 is 1.43 bits per heavy atom. The van der Waals surface area contributed by atoms with Gasteiger partial charge in [-0.2, -0.15) is 0 Å². The van der Waals surface area contributed by atoms with Gasteiger partial charge >= 0.3 is 12.1 Å². The van der Waals surface area contributed by atoms with E-state index < -0.39 is 17.6 Å². The normalized spacial score (nSPS) is 13.1. The van der Waals surface area contributed by atoms with Crippen LogP contribution >= 0.6 is 0 Å². The SMILES string of the molecule is C#CC(C=CCN)(NC(=O)OCc1ccccc1)C(=O)O. The maximum absolute atomic E-state index is 11.7. The van der Waals surface area contributed by atoms with Crippen molar-refractivity contribution in [3.63, 3.8) is 0 Å². The average molecular weight is 288 g/mol. The summed E-state index contributed by atoms with van der Waals surface area (Å²) in [5.41, 5.74) is 4.05. The van der Waals surface area contributed by atoms with Crippen molar-refractivity contribution in [2.45, 2.75) is 12.1 Å². The lowest BCUT2D eigenvalue weighted by molar-refractivity contribution is -0.140. The number of carboxylic acid groups (broad SMARTS) is 1. The van der Waals surface area contributed by atoms with Gasteiger partial charge in [-0.3, -0.25) is 5.32 Å². The molecule has 1 aromatic rings. The standard InChI is InChI=1S/C15H16N2O4/c1-2-15(13(18)19,9-6-10-16)17-14(20)21-11-12-7-4-3-5-8-12/h1,3-9H,10-11,16H2,(H,17,20)(H,18,19).